The summed E-state index contributed by atoms with van der Waals surface area (Å²) in [6.07, 6.45) is 5.62. The van der Waals surface area contributed by atoms with Gasteiger partial charge >= 0.3 is 0 Å². The van der Waals surface area contributed by atoms with Gasteiger partial charge in [-0.3, -0.25) is 0 Å². The molecule has 1 N–H and O–H groups in total. The molecular weight excluding hydrogens is 244 g/mol. The normalized spacial score (nSPS) is 36.5. The number of nitrogens with one attached hydrogen (secondary N) is 1. The molecule has 0 aromatic rings. The quantitative estimate of drug-likeness (QED) is 0.843. The van der Waals surface area contributed by atoms with Crippen molar-refractivity contribution in [3.05, 3.63) is 0 Å². The second kappa shape index (κ2) is 6.79. The van der Waals surface area contributed by atoms with Crippen molar-refractivity contribution in [2.24, 2.45) is 23.2 Å². The maximum Gasteiger partial charge on any atom is 0.0108 e. The third kappa shape index (κ3) is 4.21. The van der Waals surface area contributed by atoms with Crippen molar-refractivity contribution in [3.8, 4) is 0 Å². The zero-order valence-corrected chi connectivity index (χ0v) is 14.4. The Morgan fingerprint density at radius 2 is 1.90 bits per heavy atom. The molecule has 0 aromatic heterocycles. The van der Waals surface area contributed by atoms with Crippen LogP contribution in [0.15, 0.2) is 0 Å². The van der Waals surface area contributed by atoms with Crippen molar-refractivity contribution in [2.45, 2.75) is 66.3 Å². The summed E-state index contributed by atoms with van der Waals surface area (Å²) in [4.78, 5) is 2.73. The van der Waals surface area contributed by atoms with Crippen LogP contribution in [0.3, 0.4) is 0 Å². The Morgan fingerprint density at radius 3 is 2.45 bits per heavy atom. The second-order valence-electron chi connectivity index (χ2n) is 8.45. The van der Waals surface area contributed by atoms with Crippen LogP contribution in [-0.2, 0) is 0 Å². The SMILES string of the molecule is CCNC1CCC(C(C)(C)C)CC1CN1CCC(C)C1. The molecule has 1 saturated heterocycles. The first-order valence-corrected chi connectivity index (χ1v) is 8.86. The van der Waals surface area contributed by atoms with Gasteiger partial charge in [0.05, 0.1) is 0 Å². The number of rotatable bonds is 4. The summed E-state index contributed by atoms with van der Waals surface area (Å²) in [7, 11) is 0. The zero-order chi connectivity index (χ0) is 14.8. The lowest BCUT2D eigenvalue weighted by Crippen LogP contribution is -2.47. The third-order valence-electron chi connectivity index (χ3n) is 5.67. The molecule has 4 atom stereocenters. The van der Waals surface area contributed by atoms with Crippen LogP contribution < -0.4 is 5.32 Å². The summed E-state index contributed by atoms with van der Waals surface area (Å²) >= 11 is 0. The molecule has 2 rings (SSSR count). The maximum absolute atomic E-state index is 3.77. The smallest absolute Gasteiger partial charge is 0.0108 e. The Bertz CT molecular complexity index is 294. The Morgan fingerprint density at radius 1 is 1.15 bits per heavy atom. The minimum atomic E-state index is 0.480. The van der Waals surface area contributed by atoms with E-state index < -0.39 is 0 Å². The molecule has 4 unspecified atom stereocenters. The molecule has 1 aliphatic carbocycles. The lowest BCUT2D eigenvalue weighted by molar-refractivity contribution is 0.0929. The first kappa shape index (κ1) is 16.3. The minimum absolute atomic E-state index is 0.480. The van der Waals surface area contributed by atoms with Crippen molar-refractivity contribution in [2.75, 3.05) is 26.2 Å². The van der Waals surface area contributed by atoms with Crippen LogP contribution in [0.4, 0.5) is 0 Å². The number of hydrogen-bond donors (Lipinski definition) is 1. The van der Waals surface area contributed by atoms with E-state index in [9.17, 15) is 0 Å². The molecule has 1 saturated carbocycles. The number of nitrogens with zero attached hydrogens (tertiary/aromatic N) is 1. The van der Waals surface area contributed by atoms with Gasteiger partial charge in [-0.15, -0.1) is 0 Å². The van der Waals surface area contributed by atoms with Gasteiger partial charge in [0.15, 0.2) is 0 Å². The second-order valence-corrected chi connectivity index (χ2v) is 8.45. The van der Waals surface area contributed by atoms with Crippen LogP contribution in [-0.4, -0.2) is 37.1 Å². The highest BCUT2D eigenvalue weighted by atomic mass is 15.1. The molecule has 2 nitrogen and oxygen atoms in total. The van der Waals surface area contributed by atoms with Gasteiger partial charge in [0.1, 0.15) is 0 Å². The molecular formula is C18H36N2. The van der Waals surface area contributed by atoms with Gasteiger partial charge in [-0.1, -0.05) is 34.6 Å². The molecule has 2 fully saturated rings. The first-order valence-electron chi connectivity index (χ1n) is 8.86. The highest BCUT2D eigenvalue weighted by molar-refractivity contribution is 4.91. The molecule has 0 amide bonds. The summed E-state index contributed by atoms with van der Waals surface area (Å²) in [5.74, 6) is 2.68. The summed E-state index contributed by atoms with van der Waals surface area (Å²) in [5, 5.41) is 3.77. The predicted molar refractivity (Wildman–Crippen MR) is 88.0 cm³/mol. The van der Waals surface area contributed by atoms with Crippen molar-refractivity contribution < 1.29 is 0 Å². The first-order chi connectivity index (χ1) is 9.40. The lowest BCUT2D eigenvalue weighted by atomic mass is 9.67. The van der Waals surface area contributed by atoms with Crippen molar-refractivity contribution in [3.63, 3.8) is 0 Å². The van der Waals surface area contributed by atoms with E-state index in [1.807, 2.05) is 0 Å². The average molecular weight is 280 g/mol. The molecule has 2 aliphatic rings. The van der Waals surface area contributed by atoms with Gasteiger partial charge in [-0.05, 0) is 61.9 Å². The molecule has 0 bridgehead atoms. The Hall–Kier alpha value is -0.0800. The van der Waals surface area contributed by atoms with Gasteiger partial charge in [0.2, 0.25) is 0 Å². The Labute approximate surface area is 126 Å². The largest absolute Gasteiger partial charge is 0.314 e. The van der Waals surface area contributed by atoms with E-state index in [0.717, 1.165) is 30.3 Å². The monoisotopic (exact) mass is 280 g/mol. The lowest BCUT2D eigenvalue weighted by Gasteiger charge is -2.43. The Kier molecular flexibility index (Phi) is 5.53. The van der Waals surface area contributed by atoms with E-state index in [1.54, 1.807) is 0 Å². The fourth-order valence-electron chi connectivity index (χ4n) is 4.31. The van der Waals surface area contributed by atoms with Crippen LogP contribution in [0.25, 0.3) is 0 Å². The van der Waals surface area contributed by atoms with Crippen molar-refractivity contribution >= 4 is 0 Å². The van der Waals surface area contributed by atoms with E-state index >= 15 is 0 Å². The molecule has 1 heterocycles. The number of hydrogen-bond acceptors (Lipinski definition) is 2. The van der Waals surface area contributed by atoms with Crippen LogP contribution in [0.5, 0.6) is 0 Å². The molecule has 0 aromatic carbocycles. The van der Waals surface area contributed by atoms with Crippen molar-refractivity contribution in [1.29, 1.82) is 0 Å². The topological polar surface area (TPSA) is 15.3 Å². The highest BCUT2D eigenvalue weighted by Gasteiger charge is 2.36. The predicted octanol–water partition coefficient (Wildman–Crippen LogP) is 3.77. The average Bonchev–Trinajstić information content (AvgIpc) is 2.76. The number of likely N-dealkylation sites (tertiary alicyclic amines) is 1. The fourth-order valence-corrected chi connectivity index (χ4v) is 4.31. The highest BCUT2D eigenvalue weighted by Crippen LogP contribution is 2.40. The minimum Gasteiger partial charge on any atom is -0.314 e. The van der Waals surface area contributed by atoms with Gasteiger partial charge in [0.25, 0.3) is 0 Å². The third-order valence-corrected chi connectivity index (χ3v) is 5.67. The van der Waals surface area contributed by atoms with E-state index in [2.05, 4.69) is 44.8 Å². The van der Waals surface area contributed by atoms with Crippen LogP contribution in [0.2, 0.25) is 0 Å². The van der Waals surface area contributed by atoms with Gasteiger partial charge in [-0.25, -0.2) is 0 Å². The standard InChI is InChI=1S/C18H36N2/c1-6-19-17-8-7-16(18(3,4)5)11-15(17)13-20-10-9-14(2)12-20/h14-17,19H,6-13H2,1-5H3. The van der Waals surface area contributed by atoms with Gasteiger partial charge in [-0.2, -0.15) is 0 Å². The van der Waals surface area contributed by atoms with Crippen LogP contribution in [0.1, 0.15) is 60.3 Å². The molecule has 1 aliphatic heterocycles. The van der Waals surface area contributed by atoms with Gasteiger partial charge in [0, 0.05) is 19.1 Å². The summed E-state index contributed by atoms with van der Waals surface area (Å²) in [5.41, 5.74) is 0.480. The van der Waals surface area contributed by atoms with E-state index in [4.69, 9.17) is 0 Å². The van der Waals surface area contributed by atoms with Gasteiger partial charge < -0.3 is 10.2 Å². The van der Waals surface area contributed by atoms with Crippen LogP contribution in [0, 0.1) is 23.2 Å². The maximum atomic E-state index is 3.77. The van der Waals surface area contributed by atoms with Crippen LogP contribution >= 0.6 is 0 Å². The molecule has 0 spiro atoms. The van der Waals surface area contributed by atoms with E-state index in [0.29, 0.717) is 5.41 Å². The Balaban J connectivity index is 1.95. The fraction of sp³-hybridized carbons (Fsp3) is 1.00. The van der Waals surface area contributed by atoms with E-state index in [-0.39, 0.29) is 0 Å². The van der Waals surface area contributed by atoms with E-state index in [1.165, 1.54) is 45.3 Å². The molecule has 118 valence electrons. The zero-order valence-electron chi connectivity index (χ0n) is 14.4. The molecule has 20 heavy (non-hydrogen) atoms. The molecule has 2 heteroatoms. The molecule has 0 radical (unpaired) electrons. The van der Waals surface area contributed by atoms with Crippen molar-refractivity contribution in [1.82, 2.24) is 10.2 Å². The summed E-state index contributed by atoms with van der Waals surface area (Å²) < 4.78 is 0. The summed E-state index contributed by atoms with van der Waals surface area (Å²) in [6.45, 7) is 17.1. The summed E-state index contributed by atoms with van der Waals surface area (Å²) in [6, 6.07) is 0.759.